The van der Waals surface area contributed by atoms with E-state index in [0.29, 0.717) is 0 Å². The van der Waals surface area contributed by atoms with E-state index in [1.165, 1.54) is 11.8 Å². The van der Waals surface area contributed by atoms with Gasteiger partial charge in [0, 0.05) is 0 Å². The van der Waals surface area contributed by atoms with Gasteiger partial charge in [-0.15, -0.1) is 0 Å². The first-order valence-electron chi connectivity index (χ1n) is 4.64. The lowest BCUT2D eigenvalue weighted by Gasteiger charge is -2.16. The minimum atomic E-state index is 0.963. The summed E-state index contributed by atoms with van der Waals surface area (Å²) in [6, 6.07) is 0. The number of hydrogen-bond donors (Lipinski definition) is 0. The molecule has 0 aromatic heterocycles. The molecule has 0 aromatic rings. The fraction of sp³-hybridized carbons (Fsp3) is 1.00. The summed E-state index contributed by atoms with van der Waals surface area (Å²) < 4.78 is 0. The largest absolute Gasteiger partial charge is 0.0625 e. The fourth-order valence-corrected chi connectivity index (χ4v) is 2.92. The van der Waals surface area contributed by atoms with E-state index in [2.05, 4.69) is 27.7 Å². The third-order valence-corrected chi connectivity index (χ3v) is 3.48. The van der Waals surface area contributed by atoms with Gasteiger partial charge in [-0.25, -0.2) is 0 Å². The molecule has 0 nitrogen and oxygen atoms in total. The standard InChI is InChI=1S/C10H18/c1-5(2)7-9-8(6(3)4)10(7)9/h5-10H,1-4H3. The van der Waals surface area contributed by atoms with E-state index in [-0.39, 0.29) is 0 Å². The van der Waals surface area contributed by atoms with Crippen molar-refractivity contribution in [3.05, 3.63) is 0 Å². The Bertz CT molecular complexity index is 120. The van der Waals surface area contributed by atoms with Crippen molar-refractivity contribution in [3.8, 4) is 0 Å². The molecule has 2 fully saturated rings. The van der Waals surface area contributed by atoms with E-state index in [0.717, 1.165) is 23.7 Å². The van der Waals surface area contributed by atoms with Crippen molar-refractivity contribution < 1.29 is 0 Å². The molecule has 0 bridgehead atoms. The van der Waals surface area contributed by atoms with Gasteiger partial charge in [0.1, 0.15) is 0 Å². The molecule has 0 heteroatoms. The van der Waals surface area contributed by atoms with Gasteiger partial charge in [-0.05, 0) is 35.5 Å². The van der Waals surface area contributed by atoms with Crippen LogP contribution in [0.5, 0.6) is 0 Å². The first-order valence-corrected chi connectivity index (χ1v) is 4.64. The quantitative estimate of drug-likeness (QED) is 0.550. The molecule has 2 aliphatic carbocycles. The Morgan fingerprint density at radius 1 is 0.700 bits per heavy atom. The molecule has 0 unspecified atom stereocenters. The van der Waals surface area contributed by atoms with E-state index in [1.54, 1.807) is 0 Å². The Hall–Kier alpha value is 0. The highest BCUT2D eigenvalue weighted by molar-refractivity contribution is 5.20. The van der Waals surface area contributed by atoms with Crippen LogP contribution in [0, 0.1) is 35.5 Å². The lowest BCUT2D eigenvalue weighted by molar-refractivity contribution is 0.318. The maximum absolute atomic E-state index is 2.37. The maximum atomic E-state index is 2.37. The van der Waals surface area contributed by atoms with Gasteiger partial charge in [0.25, 0.3) is 0 Å². The van der Waals surface area contributed by atoms with E-state index >= 15 is 0 Å². The average molecular weight is 138 g/mol. The van der Waals surface area contributed by atoms with Crippen LogP contribution in [0.15, 0.2) is 0 Å². The molecule has 10 heavy (non-hydrogen) atoms. The summed E-state index contributed by atoms with van der Waals surface area (Å²) in [5, 5.41) is 0. The van der Waals surface area contributed by atoms with Crippen LogP contribution in [0.2, 0.25) is 0 Å². The Kier molecular flexibility index (Phi) is 1.19. The van der Waals surface area contributed by atoms with Crippen molar-refractivity contribution >= 4 is 0 Å². The van der Waals surface area contributed by atoms with Crippen LogP contribution < -0.4 is 0 Å². The molecule has 0 saturated heterocycles. The molecule has 0 atom stereocenters. The fourth-order valence-electron chi connectivity index (χ4n) is 2.92. The zero-order valence-electron chi connectivity index (χ0n) is 7.46. The molecular weight excluding hydrogens is 120 g/mol. The molecule has 0 radical (unpaired) electrons. The molecule has 2 saturated carbocycles. The molecule has 0 amide bonds. The molecule has 0 heterocycles. The van der Waals surface area contributed by atoms with Crippen molar-refractivity contribution in [3.63, 3.8) is 0 Å². The van der Waals surface area contributed by atoms with Crippen molar-refractivity contribution in [2.45, 2.75) is 27.7 Å². The Morgan fingerprint density at radius 2 is 1.00 bits per heavy atom. The number of fused-ring (bicyclic) bond motifs is 1. The zero-order chi connectivity index (χ0) is 7.46. The van der Waals surface area contributed by atoms with Crippen molar-refractivity contribution in [2.24, 2.45) is 35.5 Å². The molecule has 0 aromatic carbocycles. The Labute approximate surface area is 64.0 Å². The summed E-state index contributed by atoms with van der Waals surface area (Å²) in [6.45, 7) is 9.48. The highest BCUT2D eigenvalue weighted by atomic mass is 14.8. The Morgan fingerprint density at radius 3 is 1.20 bits per heavy atom. The van der Waals surface area contributed by atoms with Crippen LogP contribution in [0.25, 0.3) is 0 Å². The van der Waals surface area contributed by atoms with Gasteiger partial charge in [-0.2, -0.15) is 0 Å². The second-order valence-electron chi connectivity index (χ2n) is 4.80. The molecule has 2 aliphatic rings. The maximum Gasteiger partial charge on any atom is -0.0313 e. The van der Waals surface area contributed by atoms with E-state index in [9.17, 15) is 0 Å². The van der Waals surface area contributed by atoms with E-state index in [4.69, 9.17) is 0 Å². The van der Waals surface area contributed by atoms with Crippen LogP contribution in [-0.4, -0.2) is 0 Å². The SMILES string of the molecule is CC(C)C1C2C(C(C)C)C12. The van der Waals surface area contributed by atoms with E-state index in [1.807, 2.05) is 0 Å². The average Bonchev–Trinajstić information content (AvgIpc) is 2.40. The van der Waals surface area contributed by atoms with Gasteiger partial charge in [-0.1, -0.05) is 27.7 Å². The van der Waals surface area contributed by atoms with Gasteiger partial charge >= 0.3 is 0 Å². The summed E-state index contributed by atoms with van der Waals surface area (Å²) in [5.74, 6) is 6.52. The van der Waals surface area contributed by atoms with Gasteiger partial charge in [-0.3, -0.25) is 0 Å². The molecule has 0 aliphatic heterocycles. The minimum absolute atomic E-state index is 0.963. The third kappa shape index (κ3) is 0.681. The number of hydrogen-bond acceptors (Lipinski definition) is 0. The van der Waals surface area contributed by atoms with Gasteiger partial charge in [0.05, 0.1) is 0 Å². The summed E-state index contributed by atoms with van der Waals surface area (Å²) in [7, 11) is 0. The van der Waals surface area contributed by atoms with Gasteiger partial charge < -0.3 is 0 Å². The summed E-state index contributed by atoms with van der Waals surface area (Å²) in [6.07, 6.45) is 0. The summed E-state index contributed by atoms with van der Waals surface area (Å²) in [4.78, 5) is 0. The van der Waals surface area contributed by atoms with Gasteiger partial charge in [0.2, 0.25) is 0 Å². The molecular formula is C10H18. The van der Waals surface area contributed by atoms with Crippen LogP contribution in [-0.2, 0) is 0 Å². The highest BCUT2D eigenvalue weighted by Gasteiger charge is 2.73. The zero-order valence-corrected chi connectivity index (χ0v) is 7.46. The van der Waals surface area contributed by atoms with Crippen LogP contribution in [0.1, 0.15) is 27.7 Å². The summed E-state index contributed by atoms with van der Waals surface area (Å²) >= 11 is 0. The van der Waals surface area contributed by atoms with Crippen LogP contribution in [0.4, 0.5) is 0 Å². The lowest BCUT2D eigenvalue weighted by atomic mass is 9.89. The molecule has 0 N–H and O–H groups in total. The molecule has 58 valence electrons. The van der Waals surface area contributed by atoms with Crippen LogP contribution in [0.3, 0.4) is 0 Å². The van der Waals surface area contributed by atoms with Crippen LogP contribution >= 0.6 is 0 Å². The van der Waals surface area contributed by atoms with E-state index < -0.39 is 0 Å². The normalized spacial score (nSPS) is 49.8. The first kappa shape index (κ1) is 6.69. The van der Waals surface area contributed by atoms with Crippen molar-refractivity contribution in [1.29, 1.82) is 0 Å². The second kappa shape index (κ2) is 1.78. The van der Waals surface area contributed by atoms with Crippen molar-refractivity contribution in [2.75, 3.05) is 0 Å². The van der Waals surface area contributed by atoms with Crippen molar-refractivity contribution in [1.82, 2.24) is 0 Å². The Balaban J connectivity index is 1.81. The lowest BCUT2D eigenvalue weighted by Crippen LogP contribution is -2.11. The highest BCUT2D eigenvalue weighted by Crippen LogP contribution is 2.77. The first-order chi connectivity index (χ1) is 4.64. The minimum Gasteiger partial charge on any atom is -0.0625 e. The smallest absolute Gasteiger partial charge is 0.0313 e. The summed E-state index contributed by atoms with van der Waals surface area (Å²) in [5.41, 5.74) is 0. The predicted octanol–water partition coefficient (Wildman–Crippen LogP) is 2.79. The molecule has 0 spiro atoms. The van der Waals surface area contributed by atoms with Gasteiger partial charge in [0.15, 0.2) is 0 Å². The third-order valence-electron chi connectivity index (χ3n) is 3.48. The monoisotopic (exact) mass is 138 g/mol. The number of rotatable bonds is 2. The molecule has 2 rings (SSSR count). The predicted molar refractivity (Wildman–Crippen MR) is 43.6 cm³/mol. The second-order valence-corrected chi connectivity index (χ2v) is 4.80. The topological polar surface area (TPSA) is 0 Å².